The van der Waals surface area contributed by atoms with E-state index in [0.717, 1.165) is 11.3 Å². The summed E-state index contributed by atoms with van der Waals surface area (Å²) in [5.41, 5.74) is 6.24. The first-order valence-corrected chi connectivity index (χ1v) is 5.84. The minimum absolute atomic E-state index is 0.150. The smallest absolute Gasteiger partial charge is 0.350 e. The zero-order chi connectivity index (χ0) is 13.0. The van der Waals surface area contributed by atoms with E-state index in [1.54, 1.807) is 0 Å². The highest BCUT2D eigenvalue weighted by molar-refractivity contribution is 7.19. The standard InChI is InChI=1S/C10H15N3O3S/c1-4-13-9-5(8(14)12-2)6(11)7(17-9)10(15)16-3/h13H,4,11H2,1-3H3,(H,12,14). The number of methoxy groups -OCH3 is 1. The molecule has 0 bridgehead atoms. The molecule has 0 aliphatic rings. The third-order valence-electron chi connectivity index (χ3n) is 2.11. The van der Waals surface area contributed by atoms with Crippen molar-refractivity contribution in [1.29, 1.82) is 0 Å². The number of thiophene rings is 1. The lowest BCUT2D eigenvalue weighted by molar-refractivity contribution is 0.0607. The monoisotopic (exact) mass is 257 g/mol. The van der Waals surface area contributed by atoms with Crippen molar-refractivity contribution in [2.75, 3.05) is 31.8 Å². The Balaban J connectivity index is 3.29. The van der Waals surface area contributed by atoms with Crippen LogP contribution in [-0.4, -0.2) is 32.6 Å². The molecule has 1 rings (SSSR count). The maximum absolute atomic E-state index is 11.7. The number of nitrogens with two attached hydrogens (primary N) is 1. The molecule has 1 aromatic rings. The molecule has 94 valence electrons. The van der Waals surface area contributed by atoms with E-state index < -0.39 is 5.97 Å². The van der Waals surface area contributed by atoms with E-state index in [4.69, 9.17) is 5.73 Å². The molecule has 0 aromatic carbocycles. The predicted molar refractivity (Wildman–Crippen MR) is 67.6 cm³/mol. The fourth-order valence-electron chi connectivity index (χ4n) is 1.32. The fourth-order valence-corrected chi connectivity index (χ4v) is 2.43. The minimum Gasteiger partial charge on any atom is -0.465 e. The van der Waals surface area contributed by atoms with Crippen LogP contribution >= 0.6 is 11.3 Å². The van der Waals surface area contributed by atoms with Gasteiger partial charge in [0.05, 0.1) is 18.4 Å². The summed E-state index contributed by atoms with van der Waals surface area (Å²) in [7, 11) is 2.78. The summed E-state index contributed by atoms with van der Waals surface area (Å²) in [5.74, 6) is -0.869. The highest BCUT2D eigenvalue weighted by Gasteiger charge is 2.25. The van der Waals surface area contributed by atoms with Crippen molar-refractivity contribution >= 4 is 33.9 Å². The van der Waals surface area contributed by atoms with Gasteiger partial charge in [0.15, 0.2) is 0 Å². The van der Waals surface area contributed by atoms with Crippen LogP contribution in [0.3, 0.4) is 0 Å². The number of ether oxygens (including phenoxy) is 1. The molecule has 0 radical (unpaired) electrons. The van der Waals surface area contributed by atoms with Gasteiger partial charge in [-0.3, -0.25) is 4.79 Å². The van der Waals surface area contributed by atoms with Crippen LogP contribution in [0.2, 0.25) is 0 Å². The zero-order valence-electron chi connectivity index (χ0n) is 9.92. The third-order valence-corrected chi connectivity index (χ3v) is 3.25. The Morgan fingerprint density at radius 1 is 1.47 bits per heavy atom. The topological polar surface area (TPSA) is 93.4 Å². The molecule has 1 aromatic heterocycles. The number of esters is 1. The van der Waals surface area contributed by atoms with Gasteiger partial charge >= 0.3 is 5.97 Å². The van der Waals surface area contributed by atoms with Crippen molar-refractivity contribution < 1.29 is 14.3 Å². The minimum atomic E-state index is -0.540. The van der Waals surface area contributed by atoms with Gasteiger partial charge in [0.25, 0.3) is 5.91 Å². The van der Waals surface area contributed by atoms with E-state index in [-0.39, 0.29) is 16.5 Å². The number of nitrogen functional groups attached to an aromatic ring is 1. The molecule has 0 aliphatic heterocycles. The molecule has 0 atom stereocenters. The Bertz CT molecular complexity index is 442. The lowest BCUT2D eigenvalue weighted by Crippen LogP contribution is -2.20. The van der Waals surface area contributed by atoms with Crippen LogP contribution < -0.4 is 16.4 Å². The molecule has 7 heteroatoms. The van der Waals surface area contributed by atoms with Crippen LogP contribution in [0.4, 0.5) is 10.7 Å². The largest absolute Gasteiger partial charge is 0.465 e. The van der Waals surface area contributed by atoms with Crippen molar-refractivity contribution in [3.63, 3.8) is 0 Å². The van der Waals surface area contributed by atoms with Gasteiger partial charge < -0.3 is 21.1 Å². The second-order valence-corrected chi connectivity index (χ2v) is 4.17. The highest BCUT2D eigenvalue weighted by atomic mass is 32.1. The maximum atomic E-state index is 11.7. The molecule has 6 nitrogen and oxygen atoms in total. The van der Waals surface area contributed by atoms with Gasteiger partial charge in [-0.05, 0) is 6.92 Å². The number of carbonyl (C=O) groups excluding carboxylic acids is 2. The van der Waals surface area contributed by atoms with E-state index in [1.807, 2.05) is 6.92 Å². The Kier molecular flexibility index (Phi) is 4.33. The van der Waals surface area contributed by atoms with Gasteiger partial charge in [0, 0.05) is 13.6 Å². The van der Waals surface area contributed by atoms with Gasteiger partial charge in [-0.15, -0.1) is 11.3 Å². The Morgan fingerprint density at radius 3 is 2.59 bits per heavy atom. The fraction of sp³-hybridized carbons (Fsp3) is 0.400. The zero-order valence-corrected chi connectivity index (χ0v) is 10.7. The van der Waals surface area contributed by atoms with E-state index in [2.05, 4.69) is 15.4 Å². The molecular formula is C10H15N3O3S. The van der Waals surface area contributed by atoms with E-state index in [9.17, 15) is 9.59 Å². The van der Waals surface area contributed by atoms with Crippen molar-refractivity contribution in [2.45, 2.75) is 6.92 Å². The average molecular weight is 257 g/mol. The number of hydrogen-bond acceptors (Lipinski definition) is 6. The first-order valence-electron chi connectivity index (χ1n) is 5.03. The summed E-state index contributed by atoms with van der Waals surface area (Å²) < 4.78 is 4.61. The summed E-state index contributed by atoms with van der Waals surface area (Å²) in [5, 5.41) is 6.06. The SMILES string of the molecule is CCNc1sc(C(=O)OC)c(N)c1C(=O)NC. The lowest BCUT2D eigenvalue weighted by atomic mass is 10.2. The summed E-state index contributed by atoms with van der Waals surface area (Å²) in [6.45, 7) is 2.52. The number of hydrogen-bond donors (Lipinski definition) is 3. The Hall–Kier alpha value is -1.76. The van der Waals surface area contributed by atoms with Crippen LogP contribution in [0.25, 0.3) is 0 Å². The van der Waals surface area contributed by atoms with E-state index in [0.29, 0.717) is 17.1 Å². The first kappa shape index (κ1) is 13.3. The highest BCUT2D eigenvalue weighted by Crippen LogP contribution is 2.35. The third kappa shape index (κ3) is 2.50. The number of carbonyl (C=O) groups is 2. The molecule has 0 spiro atoms. The van der Waals surface area contributed by atoms with Crippen LogP contribution in [0, 0.1) is 0 Å². The molecular weight excluding hydrogens is 242 g/mol. The van der Waals surface area contributed by atoms with Crippen LogP contribution in [-0.2, 0) is 4.74 Å². The van der Waals surface area contributed by atoms with Gasteiger partial charge in [0.1, 0.15) is 9.88 Å². The van der Waals surface area contributed by atoms with Crippen molar-refractivity contribution in [1.82, 2.24) is 5.32 Å². The van der Waals surface area contributed by atoms with Gasteiger partial charge in [-0.2, -0.15) is 0 Å². The first-order chi connectivity index (χ1) is 8.06. The van der Waals surface area contributed by atoms with Crippen molar-refractivity contribution in [3.8, 4) is 0 Å². The van der Waals surface area contributed by atoms with Gasteiger partial charge in [0.2, 0.25) is 0 Å². The van der Waals surface area contributed by atoms with E-state index in [1.165, 1.54) is 14.2 Å². The van der Waals surface area contributed by atoms with Crippen molar-refractivity contribution in [2.24, 2.45) is 0 Å². The van der Waals surface area contributed by atoms with Crippen LogP contribution in [0.5, 0.6) is 0 Å². The summed E-state index contributed by atoms with van der Waals surface area (Å²) in [4.78, 5) is 23.4. The average Bonchev–Trinajstić information content (AvgIpc) is 2.65. The number of nitrogens with one attached hydrogen (secondary N) is 2. The molecule has 17 heavy (non-hydrogen) atoms. The van der Waals surface area contributed by atoms with Crippen molar-refractivity contribution in [3.05, 3.63) is 10.4 Å². The Labute approximate surface area is 103 Å². The maximum Gasteiger partial charge on any atom is 0.350 e. The molecule has 4 N–H and O–H groups in total. The molecule has 0 aliphatic carbocycles. The predicted octanol–water partition coefficient (Wildman–Crippen LogP) is 0.908. The molecule has 1 heterocycles. The summed E-state index contributed by atoms with van der Waals surface area (Å²) >= 11 is 1.12. The molecule has 0 saturated heterocycles. The summed E-state index contributed by atoms with van der Waals surface area (Å²) in [6, 6.07) is 0. The Morgan fingerprint density at radius 2 is 2.12 bits per heavy atom. The van der Waals surface area contributed by atoms with Crippen LogP contribution in [0.15, 0.2) is 0 Å². The molecule has 0 unspecified atom stereocenters. The van der Waals surface area contributed by atoms with Gasteiger partial charge in [-0.25, -0.2) is 4.79 Å². The second kappa shape index (κ2) is 5.53. The normalized spacial score (nSPS) is 9.82. The van der Waals surface area contributed by atoms with Gasteiger partial charge in [-0.1, -0.05) is 0 Å². The number of rotatable bonds is 4. The summed E-state index contributed by atoms with van der Waals surface area (Å²) in [6.07, 6.45) is 0. The number of anilines is 2. The molecule has 0 fully saturated rings. The number of amides is 1. The van der Waals surface area contributed by atoms with Crippen LogP contribution in [0.1, 0.15) is 27.0 Å². The lowest BCUT2D eigenvalue weighted by Gasteiger charge is -2.04. The quantitative estimate of drug-likeness (QED) is 0.697. The second-order valence-electron chi connectivity index (χ2n) is 3.15. The van der Waals surface area contributed by atoms with E-state index >= 15 is 0 Å². The molecule has 1 amide bonds. The molecule has 0 saturated carbocycles.